The predicted octanol–water partition coefficient (Wildman–Crippen LogP) is 4.30. The highest BCUT2D eigenvalue weighted by Gasteiger charge is 2.23. The van der Waals surface area contributed by atoms with Crippen LogP contribution in [-0.4, -0.2) is 39.1 Å². The molecule has 0 bridgehead atoms. The molecule has 3 heterocycles. The van der Waals surface area contributed by atoms with Crippen molar-refractivity contribution in [3.8, 4) is 0 Å². The monoisotopic (exact) mass is 376 g/mol. The summed E-state index contributed by atoms with van der Waals surface area (Å²) in [5.41, 5.74) is 5.63. The molecule has 4 rings (SSSR count). The molecule has 2 aromatic heterocycles. The lowest BCUT2D eigenvalue weighted by Gasteiger charge is -2.28. The number of piperidine rings is 1. The fourth-order valence-electron chi connectivity index (χ4n) is 4.20. The minimum Gasteiger partial charge on any atom is -0.343 e. The Hall–Kier alpha value is -2.69. The first-order valence-electron chi connectivity index (χ1n) is 10.2. The Morgan fingerprint density at radius 3 is 2.71 bits per heavy atom. The third kappa shape index (κ3) is 4.08. The molecule has 0 spiro atoms. The van der Waals surface area contributed by atoms with Gasteiger partial charge in [0.05, 0.1) is 11.7 Å². The number of aryl methyl sites for hydroxylation is 2. The van der Waals surface area contributed by atoms with Crippen LogP contribution in [0.25, 0.3) is 10.9 Å². The molecule has 1 atom stereocenters. The number of hydrogen-bond donors (Lipinski definition) is 1. The van der Waals surface area contributed by atoms with Gasteiger partial charge in [-0.1, -0.05) is 12.1 Å². The van der Waals surface area contributed by atoms with Gasteiger partial charge in [0.15, 0.2) is 0 Å². The van der Waals surface area contributed by atoms with Crippen LogP contribution in [-0.2, 0) is 11.2 Å². The van der Waals surface area contributed by atoms with Crippen LogP contribution >= 0.6 is 0 Å². The number of benzene rings is 1. The van der Waals surface area contributed by atoms with Crippen LogP contribution in [0.1, 0.15) is 54.0 Å². The number of rotatable bonds is 5. The second-order valence-electron chi connectivity index (χ2n) is 8.05. The van der Waals surface area contributed by atoms with E-state index in [0.29, 0.717) is 6.42 Å². The summed E-state index contributed by atoms with van der Waals surface area (Å²) < 4.78 is 0. The number of carbonyl (C=O) groups excluding carboxylic acids is 1. The molecule has 1 unspecified atom stereocenters. The lowest BCUT2D eigenvalue weighted by Crippen LogP contribution is -2.36. The highest BCUT2D eigenvalue weighted by molar-refractivity contribution is 5.82. The van der Waals surface area contributed by atoms with Crippen molar-refractivity contribution in [1.29, 1.82) is 0 Å². The Morgan fingerprint density at radius 2 is 1.96 bits per heavy atom. The standard InChI is InChI=1S/C23H28N4O/c1-16-6-7-21(24-14-16)19(13-22(28)27-8-4-3-5-9-27)11-18-10-17(2)23-20(12-18)15-25-26-23/h6-7,10,12,14-15,19H,3-5,8-9,11,13H2,1-2H3,(H,25,26). The van der Waals surface area contributed by atoms with Gasteiger partial charge in [-0.2, -0.15) is 5.10 Å². The first kappa shape index (κ1) is 18.7. The molecule has 5 heteroatoms. The third-order valence-electron chi connectivity index (χ3n) is 5.77. The molecule has 28 heavy (non-hydrogen) atoms. The van der Waals surface area contributed by atoms with Crippen molar-refractivity contribution in [3.63, 3.8) is 0 Å². The number of carbonyl (C=O) groups is 1. The fourth-order valence-corrected chi connectivity index (χ4v) is 4.20. The number of likely N-dealkylation sites (tertiary alicyclic amines) is 1. The largest absolute Gasteiger partial charge is 0.343 e. The summed E-state index contributed by atoms with van der Waals surface area (Å²) in [5.74, 6) is 0.340. The first-order valence-corrected chi connectivity index (χ1v) is 10.2. The maximum absolute atomic E-state index is 13.0. The van der Waals surface area contributed by atoms with Crippen LogP contribution in [0.5, 0.6) is 0 Å². The summed E-state index contributed by atoms with van der Waals surface area (Å²) in [4.78, 5) is 19.7. The van der Waals surface area contributed by atoms with E-state index in [4.69, 9.17) is 0 Å². The number of hydrogen-bond acceptors (Lipinski definition) is 3. The van der Waals surface area contributed by atoms with E-state index < -0.39 is 0 Å². The normalized spacial score (nSPS) is 15.7. The van der Waals surface area contributed by atoms with Gasteiger partial charge in [0.1, 0.15) is 0 Å². The van der Waals surface area contributed by atoms with E-state index in [0.717, 1.165) is 54.5 Å². The zero-order valence-electron chi connectivity index (χ0n) is 16.7. The maximum atomic E-state index is 13.0. The van der Waals surface area contributed by atoms with Crippen LogP contribution in [0.3, 0.4) is 0 Å². The number of aromatic nitrogens is 3. The van der Waals surface area contributed by atoms with E-state index in [9.17, 15) is 4.79 Å². The van der Waals surface area contributed by atoms with Gasteiger partial charge in [0, 0.05) is 42.7 Å². The van der Waals surface area contributed by atoms with E-state index in [-0.39, 0.29) is 11.8 Å². The summed E-state index contributed by atoms with van der Waals surface area (Å²) in [7, 11) is 0. The minimum atomic E-state index is 0.0822. The Balaban J connectivity index is 1.59. The van der Waals surface area contributed by atoms with Crippen molar-refractivity contribution < 1.29 is 4.79 Å². The molecule has 1 aromatic carbocycles. The van der Waals surface area contributed by atoms with E-state index in [2.05, 4.69) is 46.4 Å². The highest BCUT2D eigenvalue weighted by Crippen LogP contribution is 2.27. The summed E-state index contributed by atoms with van der Waals surface area (Å²) >= 11 is 0. The lowest BCUT2D eigenvalue weighted by molar-refractivity contribution is -0.132. The molecule has 146 valence electrons. The van der Waals surface area contributed by atoms with E-state index in [1.807, 2.05) is 24.2 Å². The van der Waals surface area contributed by atoms with Crippen molar-refractivity contribution in [2.75, 3.05) is 13.1 Å². The molecule has 1 aliphatic heterocycles. The topological polar surface area (TPSA) is 61.9 Å². The van der Waals surface area contributed by atoms with E-state index in [1.54, 1.807) is 0 Å². The maximum Gasteiger partial charge on any atom is 0.223 e. The van der Waals surface area contributed by atoms with Gasteiger partial charge in [-0.25, -0.2) is 0 Å². The Kier molecular flexibility index (Phi) is 5.42. The van der Waals surface area contributed by atoms with Gasteiger partial charge in [0.2, 0.25) is 5.91 Å². The number of amides is 1. The van der Waals surface area contributed by atoms with E-state index in [1.165, 1.54) is 17.5 Å². The van der Waals surface area contributed by atoms with Crippen LogP contribution in [0.15, 0.2) is 36.7 Å². The Morgan fingerprint density at radius 1 is 1.14 bits per heavy atom. The molecule has 0 radical (unpaired) electrons. The molecule has 0 saturated carbocycles. The smallest absolute Gasteiger partial charge is 0.223 e. The number of fused-ring (bicyclic) bond motifs is 1. The molecule has 1 amide bonds. The average Bonchev–Trinajstić information content (AvgIpc) is 3.18. The number of nitrogens with zero attached hydrogens (tertiary/aromatic N) is 3. The van der Waals surface area contributed by atoms with Gasteiger partial charge in [-0.05, 0) is 68.4 Å². The minimum absolute atomic E-state index is 0.0822. The Labute approximate surface area is 166 Å². The average molecular weight is 377 g/mol. The molecule has 1 aliphatic rings. The number of aromatic amines is 1. The van der Waals surface area contributed by atoms with Crippen molar-refractivity contribution in [2.45, 2.75) is 51.9 Å². The molecular weight excluding hydrogens is 348 g/mol. The lowest BCUT2D eigenvalue weighted by atomic mass is 9.90. The number of pyridine rings is 1. The van der Waals surface area contributed by atoms with Crippen LogP contribution in [0.2, 0.25) is 0 Å². The van der Waals surface area contributed by atoms with Crippen LogP contribution in [0, 0.1) is 13.8 Å². The van der Waals surface area contributed by atoms with Gasteiger partial charge in [-0.3, -0.25) is 14.9 Å². The molecule has 1 fully saturated rings. The van der Waals surface area contributed by atoms with Crippen molar-refractivity contribution >= 4 is 16.8 Å². The molecular formula is C23H28N4O. The summed E-state index contributed by atoms with van der Waals surface area (Å²) in [6.07, 6.45) is 8.56. The zero-order valence-corrected chi connectivity index (χ0v) is 16.7. The first-order chi connectivity index (χ1) is 13.6. The number of nitrogens with one attached hydrogen (secondary N) is 1. The number of H-pyrrole nitrogens is 1. The summed E-state index contributed by atoms with van der Waals surface area (Å²) in [5, 5.41) is 8.34. The molecule has 5 nitrogen and oxygen atoms in total. The van der Waals surface area contributed by atoms with Crippen molar-refractivity contribution in [3.05, 3.63) is 59.0 Å². The second-order valence-corrected chi connectivity index (χ2v) is 8.05. The molecule has 0 aliphatic carbocycles. The van der Waals surface area contributed by atoms with Gasteiger partial charge >= 0.3 is 0 Å². The van der Waals surface area contributed by atoms with Crippen LogP contribution < -0.4 is 0 Å². The predicted molar refractivity (Wildman–Crippen MR) is 111 cm³/mol. The third-order valence-corrected chi connectivity index (χ3v) is 5.77. The summed E-state index contributed by atoms with van der Waals surface area (Å²) in [6, 6.07) is 8.55. The quantitative estimate of drug-likeness (QED) is 0.722. The molecule has 1 N–H and O–H groups in total. The van der Waals surface area contributed by atoms with Crippen molar-refractivity contribution in [2.24, 2.45) is 0 Å². The Bertz CT molecular complexity index is 954. The van der Waals surface area contributed by atoms with Crippen molar-refractivity contribution in [1.82, 2.24) is 20.1 Å². The van der Waals surface area contributed by atoms with Crippen LogP contribution in [0.4, 0.5) is 0 Å². The van der Waals surface area contributed by atoms with E-state index >= 15 is 0 Å². The van der Waals surface area contributed by atoms with Gasteiger partial charge in [0.25, 0.3) is 0 Å². The fraction of sp³-hybridized carbons (Fsp3) is 0.435. The summed E-state index contributed by atoms with van der Waals surface area (Å²) in [6.45, 7) is 5.93. The van der Waals surface area contributed by atoms with Gasteiger partial charge < -0.3 is 4.90 Å². The second kappa shape index (κ2) is 8.13. The molecule has 3 aromatic rings. The van der Waals surface area contributed by atoms with Gasteiger partial charge in [-0.15, -0.1) is 0 Å². The highest BCUT2D eigenvalue weighted by atomic mass is 16.2. The molecule has 1 saturated heterocycles. The zero-order chi connectivity index (χ0) is 19.5. The SMILES string of the molecule is Cc1ccc(C(CC(=O)N2CCCCC2)Cc2cc(C)c3[nH]ncc3c2)nc1.